The minimum atomic E-state index is -0.771. The van der Waals surface area contributed by atoms with Crippen LogP contribution in [-0.2, 0) is 14.3 Å². The minimum Gasteiger partial charge on any atom is -0.481 e. The molecule has 0 aromatic carbocycles. The molecular weight excluding hydrogens is 280 g/mol. The standard InChI is InChI=1S/C18H34O4/c1-3-5-6-7-8-10-13-16(4-2)22-18(21)15-12-9-11-14-17(19)20/h16H,3-15H2,1-2H3,(H,19,20). The Labute approximate surface area is 135 Å². The average molecular weight is 314 g/mol. The molecule has 0 saturated heterocycles. The van der Waals surface area contributed by atoms with Crippen molar-refractivity contribution in [1.82, 2.24) is 0 Å². The molecule has 22 heavy (non-hydrogen) atoms. The lowest BCUT2D eigenvalue weighted by atomic mass is 10.1. The number of rotatable bonds is 15. The number of carbonyl (C=O) groups is 2. The Morgan fingerprint density at radius 3 is 2.09 bits per heavy atom. The van der Waals surface area contributed by atoms with Crippen molar-refractivity contribution in [3.63, 3.8) is 0 Å². The van der Waals surface area contributed by atoms with Gasteiger partial charge in [-0.25, -0.2) is 0 Å². The third-order valence-electron chi connectivity index (χ3n) is 3.90. The van der Waals surface area contributed by atoms with E-state index in [0.717, 1.165) is 32.1 Å². The topological polar surface area (TPSA) is 63.6 Å². The first-order chi connectivity index (χ1) is 10.6. The average Bonchev–Trinajstić information content (AvgIpc) is 2.48. The monoisotopic (exact) mass is 314 g/mol. The summed E-state index contributed by atoms with van der Waals surface area (Å²) in [5.74, 6) is -0.902. The number of carboxylic acids is 1. The Morgan fingerprint density at radius 2 is 1.45 bits per heavy atom. The maximum Gasteiger partial charge on any atom is 0.306 e. The molecular formula is C18H34O4. The van der Waals surface area contributed by atoms with Gasteiger partial charge >= 0.3 is 11.9 Å². The van der Waals surface area contributed by atoms with Crippen LogP contribution in [0, 0.1) is 0 Å². The highest BCUT2D eigenvalue weighted by Gasteiger charge is 2.12. The van der Waals surface area contributed by atoms with Gasteiger partial charge in [-0.1, -0.05) is 52.4 Å². The summed E-state index contributed by atoms with van der Waals surface area (Å²) in [6, 6.07) is 0. The number of carbonyl (C=O) groups excluding carboxylic acids is 1. The first kappa shape index (κ1) is 20.9. The molecule has 1 N–H and O–H groups in total. The van der Waals surface area contributed by atoms with Crippen molar-refractivity contribution >= 4 is 11.9 Å². The van der Waals surface area contributed by atoms with Gasteiger partial charge in [0.15, 0.2) is 0 Å². The zero-order valence-electron chi connectivity index (χ0n) is 14.4. The van der Waals surface area contributed by atoms with Crippen molar-refractivity contribution < 1.29 is 19.4 Å². The summed E-state index contributed by atoms with van der Waals surface area (Å²) in [5.41, 5.74) is 0. The first-order valence-electron chi connectivity index (χ1n) is 9.01. The first-order valence-corrected chi connectivity index (χ1v) is 9.01. The number of hydrogen-bond donors (Lipinski definition) is 1. The van der Waals surface area contributed by atoms with Crippen molar-refractivity contribution in [1.29, 1.82) is 0 Å². The van der Waals surface area contributed by atoms with Crippen LogP contribution in [-0.4, -0.2) is 23.1 Å². The van der Waals surface area contributed by atoms with Crippen molar-refractivity contribution in [2.45, 2.75) is 103 Å². The van der Waals surface area contributed by atoms with Gasteiger partial charge in [0, 0.05) is 12.8 Å². The molecule has 0 heterocycles. The summed E-state index contributed by atoms with van der Waals surface area (Å²) in [6.07, 6.45) is 12.1. The number of ether oxygens (including phenoxy) is 1. The highest BCUT2D eigenvalue weighted by atomic mass is 16.5. The van der Waals surface area contributed by atoms with Crippen LogP contribution in [0.25, 0.3) is 0 Å². The molecule has 0 aliphatic heterocycles. The summed E-state index contributed by atoms with van der Waals surface area (Å²) in [7, 11) is 0. The zero-order chi connectivity index (χ0) is 16.6. The summed E-state index contributed by atoms with van der Waals surface area (Å²) >= 11 is 0. The molecule has 0 aliphatic rings. The third kappa shape index (κ3) is 13.9. The molecule has 0 bridgehead atoms. The van der Waals surface area contributed by atoms with Gasteiger partial charge < -0.3 is 9.84 Å². The van der Waals surface area contributed by atoms with E-state index in [1.54, 1.807) is 0 Å². The Hall–Kier alpha value is -1.06. The van der Waals surface area contributed by atoms with Crippen LogP contribution in [0.3, 0.4) is 0 Å². The quantitative estimate of drug-likeness (QED) is 0.337. The smallest absolute Gasteiger partial charge is 0.306 e. The van der Waals surface area contributed by atoms with E-state index in [1.807, 2.05) is 0 Å². The van der Waals surface area contributed by atoms with Crippen LogP contribution in [0.2, 0.25) is 0 Å². The summed E-state index contributed by atoms with van der Waals surface area (Å²) in [5, 5.41) is 8.53. The summed E-state index contributed by atoms with van der Waals surface area (Å²) in [6.45, 7) is 4.27. The van der Waals surface area contributed by atoms with E-state index in [1.165, 1.54) is 32.1 Å². The Balaban J connectivity index is 3.60. The SMILES string of the molecule is CCCCCCCCC(CC)OC(=O)CCCCCC(=O)O. The Morgan fingerprint density at radius 1 is 0.864 bits per heavy atom. The molecule has 0 rings (SSSR count). The van der Waals surface area contributed by atoms with Crippen molar-refractivity contribution in [3.8, 4) is 0 Å². The number of esters is 1. The predicted molar refractivity (Wildman–Crippen MR) is 88.9 cm³/mol. The second-order valence-electron chi connectivity index (χ2n) is 6.03. The van der Waals surface area contributed by atoms with E-state index in [4.69, 9.17) is 9.84 Å². The molecule has 1 atom stereocenters. The van der Waals surface area contributed by atoms with Crippen LogP contribution in [0.15, 0.2) is 0 Å². The van der Waals surface area contributed by atoms with Crippen LogP contribution in [0.5, 0.6) is 0 Å². The maximum atomic E-state index is 11.7. The highest BCUT2D eigenvalue weighted by molar-refractivity contribution is 5.69. The fourth-order valence-electron chi connectivity index (χ4n) is 2.47. The number of hydrogen-bond acceptors (Lipinski definition) is 3. The number of carboxylic acid groups (broad SMARTS) is 1. The van der Waals surface area contributed by atoms with Gasteiger partial charge in [-0.3, -0.25) is 9.59 Å². The largest absolute Gasteiger partial charge is 0.481 e. The fourth-order valence-corrected chi connectivity index (χ4v) is 2.47. The highest BCUT2D eigenvalue weighted by Crippen LogP contribution is 2.14. The van der Waals surface area contributed by atoms with Crippen LogP contribution in [0.1, 0.15) is 97.3 Å². The Bertz CT molecular complexity index is 289. The zero-order valence-corrected chi connectivity index (χ0v) is 14.4. The lowest BCUT2D eigenvalue weighted by Gasteiger charge is -2.16. The molecule has 130 valence electrons. The lowest BCUT2D eigenvalue weighted by molar-refractivity contribution is -0.149. The molecule has 1 unspecified atom stereocenters. The predicted octanol–water partition coefficient (Wildman–Crippen LogP) is 5.09. The fraction of sp³-hybridized carbons (Fsp3) is 0.889. The van der Waals surface area contributed by atoms with Gasteiger partial charge in [0.1, 0.15) is 6.10 Å². The van der Waals surface area contributed by atoms with Crippen LogP contribution >= 0.6 is 0 Å². The van der Waals surface area contributed by atoms with E-state index in [-0.39, 0.29) is 18.5 Å². The molecule has 0 aliphatic carbocycles. The van der Waals surface area contributed by atoms with Gasteiger partial charge in [0.25, 0.3) is 0 Å². The molecule has 0 aromatic rings. The van der Waals surface area contributed by atoms with E-state index in [2.05, 4.69) is 13.8 Å². The van der Waals surface area contributed by atoms with Crippen LogP contribution in [0.4, 0.5) is 0 Å². The molecule has 0 fully saturated rings. The van der Waals surface area contributed by atoms with Gasteiger partial charge in [-0.2, -0.15) is 0 Å². The van der Waals surface area contributed by atoms with Gasteiger partial charge in [0.2, 0.25) is 0 Å². The van der Waals surface area contributed by atoms with Gasteiger partial charge in [0.05, 0.1) is 0 Å². The minimum absolute atomic E-state index is 0.0534. The molecule has 0 saturated carbocycles. The van der Waals surface area contributed by atoms with Crippen molar-refractivity contribution in [2.24, 2.45) is 0 Å². The van der Waals surface area contributed by atoms with Crippen molar-refractivity contribution in [3.05, 3.63) is 0 Å². The van der Waals surface area contributed by atoms with Gasteiger partial charge in [-0.15, -0.1) is 0 Å². The van der Waals surface area contributed by atoms with E-state index >= 15 is 0 Å². The Kier molecular flexibility index (Phi) is 14.1. The molecule has 0 amide bonds. The maximum absolute atomic E-state index is 11.7. The molecule has 0 spiro atoms. The lowest BCUT2D eigenvalue weighted by Crippen LogP contribution is -2.17. The van der Waals surface area contributed by atoms with E-state index in [9.17, 15) is 9.59 Å². The molecule has 4 nitrogen and oxygen atoms in total. The van der Waals surface area contributed by atoms with Crippen LogP contribution < -0.4 is 0 Å². The van der Waals surface area contributed by atoms with Crippen molar-refractivity contribution in [2.75, 3.05) is 0 Å². The van der Waals surface area contributed by atoms with Gasteiger partial charge in [-0.05, 0) is 32.1 Å². The number of aliphatic carboxylic acids is 1. The summed E-state index contributed by atoms with van der Waals surface area (Å²) in [4.78, 5) is 22.1. The number of unbranched alkanes of at least 4 members (excludes halogenated alkanes) is 7. The molecule has 4 heteroatoms. The normalized spacial score (nSPS) is 12.1. The van der Waals surface area contributed by atoms with E-state index in [0.29, 0.717) is 12.8 Å². The second-order valence-corrected chi connectivity index (χ2v) is 6.03. The molecule has 0 radical (unpaired) electrons. The molecule has 0 aromatic heterocycles. The second kappa shape index (κ2) is 14.9. The van der Waals surface area contributed by atoms with E-state index < -0.39 is 5.97 Å². The summed E-state index contributed by atoms with van der Waals surface area (Å²) < 4.78 is 5.50. The third-order valence-corrected chi connectivity index (χ3v) is 3.90.